The maximum absolute atomic E-state index is 12.1. The second-order valence-corrected chi connectivity index (χ2v) is 8.20. The van der Waals surface area contributed by atoms with Crippen LogP contribution >= 0.6 is 0 Å². The second-order valence-electron chi connectivity index (χ2n) is 8.20. The number of epoxide rings is 2. The summed E-state index contributed by atoms with van der Waals surface area (Å²) in [6.07, 6.45) is 7.37. The Morgan fingerprint density at radius 2 is 1.58 bits per heavy atom. The molecule has 6 atom stereocenters. The Hall–Kier alpha value is -0.730. The number of hydrogen-bond acceptors (Lipinski definition) is 7. The molecule has 0 aromatic carbocycles. The van der Waals surface area contributed by atoms with Gasteiger partial charge in [-0.2, -0.15) is 0 Å². The number of ether oxygens (including phenoxy) is 6. The van der Waals surface area contributed by atoms with Gasteiger partial charge in [-0.25, -0.2) is 0 Å². The molecule has 2 aliphatic carbocycles. The number of fused-ring (bicyclic) bond motifs is 2. The monoisotopic (exact) mass is 368 g/mol. The van der Waals surface area contributed by atoms with Crippen LogP contribution < -0.4 is 0 Å². The maximum atomic E-state index is 12.1. The van der Waals surface area contributed by atoms with E-state index in [0.717, 1.165) is 38.5 Å². The lowest BCUT2D eigenvalue weighted by Crippen LogP contribution is -2.42. The summed E-state index contributed by atoms with van der Waals surface area (Å²) in [7, 11) is 0. The highest BCUT2D eigenvalue weighted by molar-refractivity contribution is 5.72. The third kappa shape index (κ3) is 3.92. The van der Waals surface area contributed by atoms with E-state index in [9.17, 15) is 4.79 Å². The van der Waals surface area contributed by atoms with Crippen LogP contribution in [0.1, 0.15) is 38.5 Å². The molecule has 5 rings (SSSR count). The fourth-order valence-electron chi connectivity index (χ4n) is 4.64. The molecule has 6 unspecified atom stereocenters. The summed E-state index contributed by atoms with van der Waals surface area (Å²) in [5.41, 5.74) is 0. The molecule has 3 heterocycles. The molecule has 5 aliphatic rings. The maximum Gasteiger partial charge on any atom is 0.309 e. The van der Waals surface area contributed by atoms with Gasteiger partial charge in [-0.3, -0.25) is 4.79 Å². The van der Waals surface area contributed by atoms with Gasteiger partial charge in [0.15, 0.2) is 6.29 Å². The van der Waals surface area contributed by atoms with Crippen LogP contribution in [0.5, 0.6) is 0 Å². The van der Waals surface area contributed by atoms with E-state index in [2.05, 4.69) is 0 Å². The zero-order valence-electron chi connectivity index (χ0n) is 15.0. The topological polar surface area (TPSA) is 79.1 Å². The fraction of sp³-hybridized carbons (Fsp3) is 0.947. The minimum Gasteiger partial charge on any atom is -0.463 e. The van der Waals surface area contributed by atoms with Crippen molar-refractivity contribution >= 4 is 5.97 Å². The van der Waals surface area contributed by atoms with Crippen molar-refractivity contribution in [2.45, 2.75) is 75.3 Å². The predicted molar refractivity (Wildman–Crippen MR) is 88.4 cm³/mol. The van der Waals surface area contributed by atoms with Crippen molar-refractivity contribution < 1.29 is 33.2 Å². The second kappa shape index (κ2) is 7.36. The van der Waals surface area contributed by atoms with E-state index in [1.54, 1.807) is 0 Å². The minimum atomic E-state index is -0.127. The molecule has 0 radical (unpaired) electrons. The first-order valence-electron chi connectivity index (χ1n) is 10.1. The molecular weight excluding hydrogens is 340 g/mol. The Morgan fingerprint density at radius 1 is 0.846 bits per heavy atom. The molecule has 0 amide bonds. The van der Waals surface area contributed by atoms with Crippen LogP contribution in [0.15, 0.2) is 0 Å². The van der Waals surface area contributed by atoms with Crippen LogP contribution in [-0.2, 0) is 33.2 Å². The zero-order chi connectivity index (χ0) is 17.5. The van der Waals surface area contributed by atoms with Gasteiger partial charge in [0.1, 0.15) is 12.7 Å². The van der Waals surface area contributed by atoms with Gasteiger partial charge in [-0.1, -0.05) is 0 Å². The highest BCUT2D eigenvalue weighted by Gasteiger charge is 2.47. The van der Waals surface area contributed by atoms with Gasteiger partial charge in [0.2, 0.25) is 0 Å². The third-order valence-electron chi connectivity index (χ3n) is 6.34. The van der Waals surface area contributed by atoms with E-state index in [0.29, 0.717) is 50.2 Å². The first kappa shape index (κ1) is 17.4. The lowest BCUT2D eigenvalue weighted by molar-refractivity contribution is -0.249. The Bertz CT molecular complexity index is 518. The molecule has 7 heteroatoms. The van der Waals surface area contributed by atoms with Crippen molar-refractivity contribution in [3.05, 3.63) is 0 Å². The van der Waals surface area contributed by atoms with Crippen molar-refractivity contribution in [3.63, 3.8) is 0 Å². The summed E-state index contributed by atoms with van der Waals surface area (Å²) < 4.78 is 33.8. The Balaban J connectivity index is 0.951. The van der Waals surface area contributed by atoms with Crippen molar-refractivity contribution in [1.29, 1.82) is 0 Å². The van der Waals surface area contributed by atoms with Crippen LogP contribution in [0.3, 0.4) is 0 Å². The van der Waals surface area contributed by atoms with Gasteiger partial charge in [-0.05, 0) is 38.5 Å². The lowest BCUT2D eigenvalue weighted by Gasteiger charge is -2.34. The summed E-state index contributed by atoms with van der Waals surface area (Å²) in [5.74, 6) is 0.314. The molecule has 5 fully saturated rings. The molecule has 0 spiro atoms. The number of hydrogen-bond donors (Lipinski definition) is 0. The molecule has 146 valence electrons. The largest absolute Gasteiger partial charge is 0.463 e. The van der Waals surface area contributed by atoms with Gasteiger partial charge >= 0.3 is 5.97 Å². The van der Waals surface area contributed by atoms with E-state index >= 15 is 0 Å². The van der Waals surface area contributed by atoms with Crippen LogP contribution in [0.4, 0.5) is 0 Å². The van der Waals surface area contributed by atoms with Crippen molar-refractivity contribution in [2.24, 2.45) is 11.8 Å². The van der Waals surface area contributed by atoms with Gasteiger partial charge in [0.05, 0.1) is 50.2 Å². The minimum absolute atomic E-state index is 0.00797. The van der Waals surface area contributed by atoms with Gasteiger partial charge in [0, 0.05) is 5.92 Å². The van der Waals surface area contributed by atoms with Crippen LogP contribution in [0.2, 0.25) is 0 Å². The van der Waals surface area contributed by atoms with Crippen molar-refractivity contribution in [2.75, 3.05) is 26.4 Å². The lowest BCUT2D eigenvalue weighted by atomic mass is 9.88. The molecule has 26 heavy (non-hydrogen) atoms. The number of carbonyl (C=O) groups excluding carboxylic acids is 1. The molecule has 7 nitrogen and oxygen atoms in total. The van der Waals surface area contributed by atoms with Crippen molar-refractivity contribution in [1.82, 2.24) is 0 Å². The first-order valence-corrected chi connectivity index (χ1v) is 10.1. The summed E-state index contributed by atoms with van der Waals surface area (Å²) in [6.45, 7) is 1.73. The Labute approximate surface area is 153 Å². The van der Waals surface area contributed by atoms with Crippen LogP contribution in [0.25, 0.3) is 0 Å². The number of rotatable bonds is 6. The average Bonchev–Trinajstić information content (AvgIpc) is 3.58. The highest BCUT2D eigenvalue weighted by Crippen LogP contribution is 2.42. The molecular formula is C19H28O7. The van der Waals surface area contributed by atoms with E-state index in [1.165, 1.54) is 0 Å². The summed E-state index contributed by atoms with van der Waals surface area (Å²) >= 11 is 0. The van der Waals surface area contributed by atoms with E-state index in [1.807, 2.05) is 0 Å². The SMILES string of the molecule is O=C(OCCOC1COC(C2CCC3OC3C2)OC1)C1CCC2OC2C1. The number of carbonyl (C=O) groups is 1. The van der Waals surface area contributed by atoms with Gasteiger partial charge in [-0.15, -0.1) is 0 Å². The molecule has 3 saturated heterocycles. The predicted octanol–water partition coefficient (Wildman–Crippen LogP) is 1.42. The summed E-state index contributed by atoms with van der Waals surface area (Å²) in [4.78, 5) is 12.1. The standard InChI is InChI=1S/C19H28O7/c20-18(11-1-3-14-16(7-11)25-14)22-6-5-21-13-9-23-19(24-10-13)12-2-4-15-17(8-12)26-15/h11-17,19H,1-10H2. The smallest absolute Gasteiger partial charge is 0.309 e. The summed E-state index contributed by atoms with van der Waals surface area (Å²) in [5, 5.41) is 0. The zero-order valence-corrected chi connectivity index (χ0v) is 15.0. The van der Waals surface area contributed by atoms with Crippen LogP contribution in [-0.4, -0.2) is 69.2 Å². The molecule has 2 saturated carbocycles. The molecule has 3 aliphatic heterocycles. The molecule has 0 N–H and O–H groups in total. The Kier molecular flexibility index (Phi) is 4.92. The van der Waals surface area contributed by atoms with E-state index < -0.39 is 0 Å². The fourth-order valence-corrected chi connectivity index (χ4v) is 4.64. The molecule has 0 aromatic rings. The quantitative estimate of drug-likeness (QED) is 0.399. The number of esters is 1. The van der Waals surface area contributed by atoms with Crippen molar-refractivity contribution in [3.8, 4) is 0 Å². The molecule has 0 aromatic heterocycles. The highest BCUT2D eigenvalue weighted by atomic mass is 16.7. The third-order valence-corrected chi connectivity index (χ3v) is 6.34. The van der Waals surface area contributed by atoms with Crippen LogP contribution in [0, 0.1) is 11.8 Å². The Morgan fingerprint density at radius 3 is 2.31 bits per heavy atom. The van der Waals surface area contributed by atoms with Gasteiger partial charge < -0.3 is 28.4 Å². The summed E-state index contributed by atoms with van der Waals surface area (Å²) in [6, 6.07) is 0. The normalized spacial score (nSPS) is 46.8. The van der Waals surface area contributed by atoms with E-state index in [4.69, 9.17) is 28.4 Å². The van der Waals surface area contributed by atoms with Gasteiger partial charge in [0.25, 0.3) is 0 Å². The van der Waals surface area contributed by atoms with E-state index in [-0.39, 0.29) is 30.9 Å². The molecule has 0 bridgehead atoms. The first-order chi connectivity index (χ1) is 12.8. The average molecular weight is 368 g/mol.